The van der Waals surface area contributed by atoms with Crippen LogP contribution in [0.1, 0.15) is 20.3 Å². The van der Waals surface area contributed by atoms with E-state index >= 15 is 0 Å². The van der Waals surface area contributed by atoms with Crippen LogP contribution in [0.2, 0.25) is 0 Å². The van der Waals surface area contributed by atoms with Crippen LogP contribution in [0.3, 0.4) is 0 Å². The molecule has 14 heavy (non-hydrogen) atoms. The van der Waals surface area contributed by atoms with Crippen molar-refractivity contribution in [3.05, 3.63) is 0 Å². The number of rotatable bonds is 5. The van der Waals surface area contributed by atoms with Crippen molar-refractivity contribution in [2.75, 3.05) is 20.8 Å². The highest BCUT2D eigenvalue weighted by Gasteiger charge is 2.70. The Bertz CT molecular complexity index is 210. The molecule has 4 heteroatoms. The van der Waals surface area contributed by atoms with Crippen LogP contribution in [0.5, 0.6) is 0 Å². The van der Waals surface area contributed by atoms with Gasteiger partial charge in [-0.3, -0.25) is 4.79 Å². The van der Waals surface area contributed by atoms with Gasteiger partial charge in [0, 0.05) is 20.1 Å². The lowest BCUT2D eigenvalue weighted by Crippen LogP contribution is -2.23. The topological polar surface area (TPSA) is 44.8 Å². The summed E-state index contributed by atoms with van der Waals surface area (Å²) < 4.78 is 15.5. The van der Waals surface area contributed by atoms with Crippen molar-refractivity contribution in [1.29, 1.82) is 0 Å². The summed E-state index contributed by atoms with van der Waals surface area (Å²) in [5, 5.41) is 0. The molecule has 1 aliphatic rings. The molecule has 1 rings (SSSR count). The molecule has 0 aromatic carbocycles. The Morgan fingerprint density at radius 2 is 1.86 bits per heavy atom. The van der Waals surface area contributed by atoms with Crippen molar-refractivity contribution in [2.45, 2.75) is 26.1 Å². The summed E-state index contributed by atoms with van der Waals surface area (Å²) in [6, 6.07) is 0. The third-order valence-electron chi connectivity index (χ3n) is 2.86. The molecular weight excluding hydrogens is 184 g/mol. The average molecular weight is 202 g/mol. The molecule has 0 amide bonds. The van der Waals surface area contributed by atoms with Gasteiger partial charge in [0.25, 0.3) is 0 Å². The first kappa shape index (κ1) is 11.5. The highest BCUT2D eigenvalue weighted by Crippen LogP contribution is 2.56. The Morgan fingerprint density at radius 3 is 2.14 bits per heavy atom. The van der Waals surface area contributed by atoms with Gasteiger partial charge in [0.1, 0.15) is 5.92 Å². The fourth-order valence-corrected chi connectivity index (χ4v) is 2.13. The van der Waals surface area contributed by atoms with Crippen molar-refractivity contribution in [2.24, 2.45) is 11.8 Å². The fraction of sp³-hybridized carbons (Fsp3) is 0.900. The molecular formula is C10H18O4. The Morgan fingerprint density at radius 1 is 1.29 bits per heavy atom. The van der Waals surface area contributed by atoms with E-state index in [1.807, 2.05) is 6.92 Å². The summed E-state index contributed by atoms with van der Waals surface area (Å²) in [7, 11) is 3.12. The maximum atomic E-state index is 11.5. The molecule has 4 nitrogen and oxygen atoms in total. The molecule has 0 aromatic rings. The van der Waals surface area contributed by atoms with E-state index in [2.05, 4.69) is 0 Å². The largest absolute Gasteiger partial charge is 0.466 e. The van der Waals surface area contributed by atoms with Gasteiger partial charge in [0.2, 0.25) is 0 Å². The molecule has 0 radical (unpaired) electrons. The number of carbonyl (C=O) groups is 1. The van der Waals surface area contributed by atoms with E-state index in [4.69, 9.17) is 14.2 Å². The predicted molar refractivity (Wildman–Crippen MR) is 50.7 cm³/mol. The molecule has 0 aliphatic heterocycles. The molecule has 0 aromatic heterocycles. The summed E-state index contributed by atoms with van der Waals surface area (Å²) in [6.45, 7) is 4.20. The second-order valence-electron chi connectivity index (χ2n) is 3.37. The first-order valence-electron chi connectivity index (χ1n) is 4.94. The van der Waals surface area contributed by atoms with Gasteiger partial charge in [-0.2, -0.15) is 0 Å². The third-order valence-corrected chi connectivity index (χ3v) is 2.86. The number of methoxy groups -OCH3 is 2. The molecule has 2 atom stereocenters. The van der Waals surface area contributed by atoms with Gasteiger partial charge in [-0.15, -0.1) is 0 Å². The van der Waals surface area contributed by atoms with E-state index in [-0.39, 0.29) is 17.8 Å². The van der Waals surface area contributed by atoms with Crippen LogP contribution in [-0.2, 0) is 19.0 Å². The molecule has 0 spiro atoms. The first-order chi connectivity index (χ1) is 6.67. The van der Waals surface area contributed by atoms with Crippen LogP contribution >= 0.6 is 0 Å². The first-order valence-corrected chi connectivity index (χ1v) is 4.94. The van der Waals surface area contributed by atoms with Crippen LogP contribution in [-0.4, -0.2) is 32.6 Å². The quantitative estimate of drug-likeness (QED) is 0.496. The van der Waals surface area contributed by atoms with Gasteiger partial charge in [-0.1, -0.05) is 6.92 Å². The Labute approximate surface area is 84.5 Å². The zero-order chi connectivity index (χ0) is 10.8. The highest BCUT2D eigenvalue weighted by molar-refractivity contribution is 5.78. The monoisotopic (exact) mass is 202 g/mol. The molecule has 0 bridgehead atoms. The van der Waals surface area contributed by atoms with E-state index in [1.165, 1.54) is 0 Å². The lowest BCUT2D eigenvalue weighted by molar-refractivity contribution is -0.167. The molecule has 1 aliphatic carbocycles. The zero-order valence-electron chi connectivity index (χ0n) is 9.20. The van der Waals surface area contributed by atoms with Gasteiger partial charge >= 0.3 is 5.97 Å². The summed E-state index contributed by atoms with van der Waals surface area (Å²) in [6.07, 6.45) is 0.852. The molecule has 0 unspecified atom stereocenters. The number of esters is 1. The van der Waals surface area contributed by atoms with Crippen LogP contribution < -0.4 is 0 Å². The molecule has 0 heterocycles. The molecule has 0 saturated heterocycles. The van der Waals surface area contributed by atoms with E-state index in [0.29, 0.717) is 6.61 Å². The summed E-state index contributed by atoms with van der Waals surface area (Å²) in [4.78, 5) is 11.5. The van der Waals surface area contributed by atoms with E-state index in [1.54, 1.807) is 21.1 Å². The maximum absolute atomic E-state index is 11.5. The number of ether oxygens (including phenoxy) is 3. The van der Waals surface area contributed by atoms with Crippen molar-refractivity contribution >= 4 is 5.97 Å². The minimum absolute atomic E-state index is 0.122. The Balaban J connectivity index is 2.67. The minimum Gasteiger partial charge on any atom is -0.466 e. The second-order valence-corrected chi connectivity index (χ2v) is 3.37. The molecule has 0 N–H and O–H groups in total. The Hall–Kier alpha value is -0.610. The zero-order valence-corrected chi connectivity index (χ0v) is 9.20. The van der Waals surface area contributed by atoms with Crippen molar-refractivity contribution in [1.82, 2.24) is 0 Å². The molecule has 1 saturated carbocycles. The van der Waals surface area contributed by atoms with Crippen molar-refractivity contribution < 1.29 is 19.0 Å². The highest BCUT2D eigenvalue weighted by atomic mass is 16.7. The summed E-state index contributed by atoms with van der Waals surface area (Å²) >= 11 is 0. The number of hydrogen-bond donors (Lipinski definition) is 0. The maximum Gasteiger partial charge on any atom is 0.314 e. The van der Waals surface area contributed by atoms with Gasteiger partial charge in [0.15, 0.2) is 5.79 Å². The minimum atomic E-state index is -0.735. The number of hydrogen-bond acceptors (Lipinski definition) is 4. The van der Waals surface area contributed by atoms with E-state index in [0.717, 1.165) is 6.42 Å². The second kappa shape index (κ2) is 4.28. The van der Waals surface area contributed by atoms with E-state index < -0.39 is 5.79 Å². The van der Waals surface area contributed by atoms with Crippen LogP contribution in [0.4, 0.5) is 0 Å². The molecule has 1 fully saturated rings. The van der Waals surface area contributed by atoms with Gasteiger partial charge in [0.05, 0.1) is 6.61 Å². The van der Waals surface area contributed by atoms with Gasteiger partial charge in [-0.05, 0) is 13.3 Å². The molecule has 82 valence electrons. The van der Waals surface area contributed by atoms with Gasteiger partial charge in [-0.25, -0.2) is 0 Å². The average Bonchev–Trinajstić information content (AvgIpc) is 2.86. The number of carbonyl (C=O) groups excluding carboxylic acids is 1. The lowest BCUT2D eigenvalue weighted by atomic mass is 10.2. The predicted octanol–water partition coefficient (Wildman–Crippen LogP) is 1.19. The standard InChI is InChI=1S/C10H18O4/c1-5-7-8(9(11)14-6-2)10(7,12-3)13-4/h7-8H,5-6H2,1-4H3/t7-,8+/m0/s1. The van der Waals surface area contributed by atoms with Gasteiger partial charge < -0.3 is 14.2 Å². The van der Waals surface area contributed by atoms with Crippen LogP contribution in [0.25, 0.3) is 0 Å². The van der Waals surface area contributed by atoms with Crippen LogP contribution in [0, 0.1) is 11.8 Å². The lowest BCUT2D eigenvalue weighted by Gasteiger charge is -2.13. The third kappa shape index (κ3) is 1.53. The normalized spacial score (nSPS) is 28.6. The van der Waals surface area contributed by atoms with E-state index in [9.17, 15) is 4.79 Å². The Kier molecular flexibility index (Phi) is 3.50. The van der Waals surface area contributed by atoms with Crippen molar-refractivity contribution in [3.63, 3.8) is 0 Å². The summed E-state index contributed by atoms with van der Waals surface area (Å²) in [5.41, 5.74) is 0. The fourth-order valence-electron chi connectivity index (χ4n) is 2.13. The smallest absolute Gasteiger partial charge is 0.314 e. The summed E-state index contributed by atoms with van der Waals surface area (Å²) in [5.74, 6) is -1.09. The SMILES string of the molecule is CCOC(=O)[C@H]1[C@H](CC)C1(OC)OC. The van der Waals surface area contributed by atoms with Crippen LogP contribution in [0.15, 0.2) is 0 Å². The van der Waals surface area contributed by atoms with Crippen molar-refractivity contribution in [3.8, 4) is 0 Å².